The second kappa shape index (κ2) is 5.90. The molecule has 1 aromatic rings. The van der Waals surface area contributed by atoms with Gasteiger partial charge in [-0.25, -0.2) is 4.79 Å². The highest BCUT2D eigenvalue weighted by atomic mass is 16.6. The van der Waals surface area contributed by atoms with Crippen LogP contribution in [0.15, 0.2) is 18.2 Å². The molecule has 0 saturated heterocycles. The number of anilines is 1. The second-order valence-electron chi connectivity index (χ2n) is 5.76. The van der Waals surface area contributed by atoms with Crippen molar-refractivity contribution in [3.8, 4) is 0 Å². The van der Waals surface area contributed by atoms with Crippen LogP contribution in [0.4, 0.5) is 11.4 Å². The smallest absolute Gasteiger partial charge is 0.338 e. The number of hydrogen-bond acceptors (Lipinski definition) is 4. The molecule has 6 nitrogen and oxygen atoms in total. The summed E-state index contributed by atoms with van der Waals surface area (Å²) in [6.07, 6.45) is 0. The molecule has 0 aliphatic rings. The van der Waals surface area contributed by atoms with Crippen molar-refractivity contribution in [3.63, 3.8) is 0 Å². The summed E-state index contributed by atoms with van der Waals surface area (Å²) in [7, 11) is 0. The number of rotatable bonds is 6. The Hall–Kier alpha value is -2.11. The fourth-order valence-corrected chi connectivity index (χ4v) is 1.58. The van der Waals surface area contributed by atoms with Gasteiger partial charge < -0.3 is 10.4 Å². The average Bonchev–Trinajstić information content (AvgIpc) is 2.35. The van der Waals surface area contributed by atoms with E-state index in [1.165, 1.54) is 18.2 Å². The maximum Gasteiger partial charge on any atom is 0.338 e. The molecule has 6 heteroatoms. The van der Waals surface area contributed by atoms with Gasteiger partial charge in [-0.05, 0) is 17.4 Å². The Bertz CT molecular complexity index is 492. The number of para-hydroxylation sites is 1. The van der Waals surface area contributed by atoms with Gasteiger partial charge in [-0.1, -0.05) is 33.8 Å². The van der Waals surface area contributed by atoms with Crippen LogP contribution >= 0.6 is 0 Å². The summed E-state index contributed by atoms with van der Waals surface area (Å²) in [6.45, 7) is 8.62. The van der Waals surface area contributed by atoms with Gasteiger partial charge >= 0.3 is 5.97 Å². The van der Waals surface area contributed by atoms with Crippen molar-refractivity contribution in [2.75, 3.05) is 11.9 Å². The van der Waals surface area contributed by atoms with Crippen molar-refractivity contribution in [1.29, 1.82) is 0 Å². The Kier molecular flexibility index (Phi) is 4.70. The van der Waals surface area contributed by atoms with Gasteiger partial charge in [-0.3, -0.25) is 10.1 Å². The van der Waals surface area contributed by atoms with Crippen LogP contribution in [0, 0.1) is 21.4 Å². The topological polar surface area (TPSA) is 92.5 Å². The van der Waals surface area contributed by atoms with Crippen LogP contribution in [-0.2, 0) is 0 Å². The monoisotopic (exact) mass is 280 g/mol. The lowest BCUT2D eigenvalue weighted by Crippen LogP contribution is -2.29. The Balaban J connectivity index is 3.15. The van der Waals surface area contributed by atoms with Crippen LogP contribution in [0.2, 0.25) is 0 Å². The number of aromatic carboxylic acids is 1. The first-order valence-corrected chi connectivity index (χ1v) is 6.41. The van der Waals surface area contributed by atoms with E-state index < -0.39 is 10.9 Å². The summed E-state index contributed by atoms with van der Waals surface area (Å²) >= 11 is 0. The van der Waals surface area contributed by atoms with E-state index in [4.69, 9.17) is 5.11 Å². The fraction of sp³-hybridized carbons (Fsp3) is 0.500. The summed E-state index contributed by atoms with van der Waals surface area (Å²) in [6, 6.07) is 4.04. The summed E-state index contributed by atoms with van der Waals surface area (Å²) in [5, 5.41) is 23.1. The number of benzene rings is 1. The predicted molar refractivity (Wildman–Crippen MR) is 77.2 cm³/mol. The van der Waals surface area contributed by atoms with E-state index in [0.29, 0.717) is 12.5 Å². The van der Waals surface area contributed by atoms with E-state index >= 15 is 0 Å². The molecule has 0 atom stereocenters. The van der Waals surface area contributed by atoms with E-state index in [9.17, 15) is 14.9 Å². The molecule has 0 saturated carbocycles. The van der Waals surface area contributed by atoms with E-state index in [1.54, 1.807) is 0 Å². The highest BCUT2D eigenvalue weighted by Gasteiger charge is 2.26. The molecule has 1 rings (SSSR count). The number of nitro benzene ring substituents is 1. The fourth-order valence-electron chi connectivity index (χ4n) is 1.58. The molecule has 20 heavy (non-hydrogen) atoms. The molecule has 0 heterocycles. The van der Waals surface area contributed by atoms with E-state index in [1.807, 2.05) is 13.8 Å². The Morgan fingerprint density at radius 3 is 2.50 bits per heavy atom. The number of nitro groups is 1. The molecule has 0 bridgehead atoms. The van der Waals surface area contributed by atoms with Gasteiger partial charge in [-0.2, -0.15) is 0 Å². The van der Waals surface area contributed by atoms with Gasteiger partial charge in [0.15, 0.2) is 0 Å². The molecule has 0 radical (unpaired) electrons. The van der Waals surface area contributed by atoms with Crippen molar-refractivity contribution in [3.05, 3.63) is 33.9 Å². The molecule has 0 amide bonds. The number of nitrogens with one attached hydrogen (secondary N) is 1. The highest BCUT2D eigenvalue weighted by Crippen LogP contribution is 2.32. The first kappa shape index (κ1) is 15.9. The lowest BCUT2D eigenvalue weighted by molar-refractivity contribution is -0.384. The Morgan fingerprint density at radius 2 is 2.05 bits per heavy atom. The molecule has 0 spiro atoms. The van der Waals surface area contributed by atoms with Crippen molar-refractivity contribution < 1.29 is 14.8 Å². The zero-order valence-electron chi connectivity index (χ0n) is 12.1. The lowest BCUT2D eigenvalue weighted by atomic mass is 9.81. The molecule has 0 aromatic heterocycles. The number of carbonyl (C=O) groups is 1. The maximum absolute atomic E-state index is 11.2. The molecular weight excluding hydrogens is 260 g/mol. The van der Waals surface area contributed by atoms with Crippen LogP contribution in [0.25, 0.3) is 0 Å². The lowest BCUT2D eigenvalue weighted by Gasteiger charge is -2.30. The van der Waals surface area contributed by atoms with Crippen LogP contribution < -0.4 is 5.32 Å². The molecule has 0 aliphatic heterocycles. The third kappa shape index (κ3) is 3.46. The van der Waals surface area contributed by atoms with E-state index in [2.05, 4.69) is 19.2 Å². The highest BCUT2D eigenvalue weighted by molar-refractivity contribution is 5.96. The normalized spacial score (nSPS) is 11.4. The predicted octanol–water partition coefficient (Wildman–Crippen LogP) is 3.39. The third-order valence-corrected chi connectivity index (χ3v) is 3.75. The second-order valence-corrected chi connectivity index (χ2v) is 5.76. The van der Waals surface area contributed by atoms with Crippen molar-refractivity contribution in [2.24, 2.45) is 11.3 Å². The number of nitrogens with zero attached hydrogens (tertiary/aromatic N) is 1. The van der Waals surface area contributed by atoms with E-state index in [0.717, 1.165) is 0 Å². The average molecular weight is 280 g/mol. The SMILES string of the molecule is CC(C)C(C)(C)CNc1c(C(=O)O)cccc1[N+](=O)[O-]. The maximum atomic E-state index is 11.2. The van der Waals surface area contributed by atoms with Gasteiger partial charge in [0.1, 0.15) is 5.69 Å². The van der Waals surface area contributed by atoms with Gasteiger partial charge in [-0.15, -0.1) is 0 Å². The van der Waals surface area contributed by atoms with Crippen LogP contribution in [-0.4, -0.2) is 22.5 Å². The van der Waals surface area contributed by atoms with Crippen LogP contribution in [0.3, 0.4) is 0 Å². The van der Waals surface area contributed by atoms with Crippen molar-refractivity contribution in [2.45, 2.75) is 27.7 Å². The summed E-state index contributed by atoms with van der Waals surface area (Å²) < 4.78 is 0. The summed E-state index contributed by atoms with van der Waals surface area (Å²) in [5.41, 5.74) is -0.346. The zero-order valence-corrected chi connectivity index (χ0v) is 12.1. The third-order valence-electron chi connectivity index (χ3n) is 3.75. The molecule has 0 aliphatic carbocycles. The first-order chi connectivity index (χ1) is 9.16. The molecule has 110 valence electrons. The minimum absolute atomic E-state index is 0.0683. The van der Waals surface area contributed by atoms with Crippen molar-refractivity contribution in [1.82, 2.24) is 0 Å². The molecular formula is C14H20N2O4. The van der Waals surface area contributed by atoms with E-state index in [-0.39, 0.29) is 22.4 Å². The summed E-state index contributed by atoms with van der Waals surface area (Å²) in [4.78, 5) is 21.6. The zero-order chi connectivity index (χ0) is 15.5. The molecule has 0 unspecified atom stereocenters. The molecule has 2 N–H and O–H groups in total. The van der Waals surface area contributed by atoms with Gasteiger partial charge in [0.25, 0.3) is 5.69 Å². The van der Waals surface area contributed by atoms with Gasteiger partial charge in [0, 0.05) is 12.6 Å². The Labute approximate surface area is 118 Å². The number of carboxylic acids is 1. The minimum atomic E-state index is -1.18. The molecule has 1 aromatic carbocycles. The Morgan fingerprint density at radius 1 is 1.45 bits per heavy atom. The van der Waals surface area contributed by atoms with Crippen LogP contribution in [0.1, 0.15) is 38.1 Å². The van der Waals surface area contributed by atoms with Crippen molar-refractivity contribution >= 4 is 17.3 Å². The minimum Gasteiger partial charge on any atom is -0.478 e. The standard InChI is InChI=1S/C14H20N2O4/c1-9(2)14(3,4)8-15-12-10(13(17)18)6-5-7-11(12)16(19)20/h5-7,9,15H,8H2,1-4H3,(H,17,18). The summed E-state index contributed by atoms with van der Waals surface area (Å²) in [5.74, 6) is -0.829. The largest absolute Gasteiger partial charge is 0.478 e. The van der Waals surface area contributed by atoms with Gasteiger partial charge in [0.05, 0.1) is 10.5 Å². The quantitative estimate of drug-likeness (QED) is 0.615. The van der Waals surface area contributed by atoms with Gasteiger partial charge in [0.2, 0.25) is 0 Å². The first-order valence-electron chi connectivity index (χ1n) is 6.41. The number of hydrogen-bond donors (Lipinski definition) is 2. The molecule has 0 fully saturated rings. The number of carboxylic acid groups (broad SMARTS) is 1. The van der Waals surface area contributed by atoms with Crippen LogP contribution in [0.5, 0.6) is 0 Å².